The van der Waals surface area contributed by atoms with Gasteiger partial charge >= 0.3 is 0 Å². The van der Waals surface area contributed by atoms with Gasteiger partial charge in [0.05, 0.1) is 11.4 Å². The topological polar surface area (TPSA) is 32.8 Å². The monoisotopic (exact) mass is 444 g/mol. The van der Waals surface area contributed by atoms with Gasteiger partial charge in [0, 0.05) is 34.4 Å². The summed E-state index contributed by atoms with van der Waals surface area (Å²) in [4.78, 5) is 17.5. The lowest BCUT2D eigenvalue weighted by Gasteiger charge is -2.46. The minimum atomic E-state index is -1.16. The number of nitrogens with zero attached hydrogens (tertiary/aromatic N) is 2. The van der Waals surface area contributed by atoms with Crippen LogP contribution in [-0.2, 0) is 15.1 Å². The summed E-state index contributed by atoms with van der Waals surface area (Å²) in [5.41, 5.74) is 4.61. The molecule has 142 valence electrons. The fourth-order valence-electron chi connectivity index (χ4n) is 4.78. The second-order valence-electron chi connectivity index (χ2n) is 7.52. The van der Waals surface area contributed by atoms with E-state index >= 15 is 0 Å². The van der Waals surface area contributed by atoms with Gasteiger partial charge in [0.2, 0.25) is 5.60 Å². The molecule has 3 aliphatic rings. The molecule has 0 saturated carbocycles. The predicted octanol–water partition coefficient (Wildman–Crippen LogP) is 5.19. The Kier molecular flexibility index (Phi) is 3.41. The van der Waals surface area contributed by atoms with E-state index in [4.69, 9.17) is 4.74 Å². The Balaban J connectivity index is 1.67. The first-order valence-electron chi connectivity index (χ1n) is 9.53. The molecule has 4 nitrogen and oxygen atoms in total. The van der Waals surface area contributed by atoms with Gasteiger partial charge in [-0.15, -0.1) is 0 Å². The van der Waals surface area contributed by atoms with Gasteiger partial charge < -0.3 is 14.5 Å². The number of anilines is 2. The summed E-state index contributed by atoms with van der Waals surface area (Å²) >= 11 is 3.65. The van der Waals surface area contributed by atoms with E-state index in [1.807, 2.05) is 67.8 Å². The molecule has 0 aromatic heterocycles. The third-order valence-corrected chi connectivity index (χ3v) is 6.80. The summed E-state index contributed by atoms with van der Waals surface area (Å²) in [7, 11) is 1.82. The van der Waals surface area contributed by atoms with Crippen molar-refractivity contribution in [3.63, 3.8) is 0 Å². The van der Waals surface area contributed by atoms with Gasteiger partial charge in [-0.1, -0.05) is 64.5 Å². The molecular formula is C24H17BrN2O2. The Bertz CT molecular complexity index is 1220. The van der Waals surface area contributed by atoms with E-state index in [9.17, 15) is 4.79 Å². The molecular weight excluding hydrogens is 428 g/mol. The largest absolute Gasteiger partial charge is 0.328 e. The number of ether oxygens (including phenoxy) is 1. The summed E-state index contributed by atoms with van der Waals surface area (Å²) in [5, 5.41) is 0. The SMILES string of the molecule is CN1C(=O)[C@@]2(O[C@H]3c4cccc(Br)c4C=CN3c3ccccc32)c2ccccc21. The third kappa shape index (κ3) is 2.04. The molecule has 29 heavy (non-hydrogen) atoms. The van der Waals surface area contributed by atoms with E-state index in [-0.39, 0.29) is 5.91 Å². The van der Waals surface area contributed by atoms with Crippen molar-refractivity contribution in [2.45, 2.75) is 11.8 Å². The number of rotatable bonds is 0. The van der Waals surface area contributed by atoms with Gasteiger partial charge in [0.15, 0.2) is 6.23 Å². The highest BCUT2D eigenvalue weighted by Gasteiger charge is 2.58. The van der Waals surface area contributed by atoms with E-state index in [1.165, 1.54) is 0 Å². The highest BCUT2D eigenvalue weighted by molar-refractivity contribution is 9.10. The number of amides is 1. The molecule has 2 atom stereocenters. The second-order valence-corrected chi connectivity index (χ2v) is 8.37. The van der Waals surface area contributed by atoms with Crippen LogP contribution >= 0.6 is 15.9 Å². The molecule has 0 aliphatic carbocycles. The maximum Gasteiger partial charge on any atom is 0.268 e. The number of carbonyl (C=O) groups excluding carboxylic acids is 1. The highest BCUT2D eigenvalue weighted by atomic mass is 79.9. The zero-order valence-corrected chi connectivity index (χ0v) is 17.3. The molecule has 1 amide bonds. The van der Waals surface area contributed by atoms with Crippen molar-refractivity contribution >= 4 is 39.3 Å². The van der Waals surface area contributed by atoms with E-state index < -0.39 is 11.8 Å². The average molecular weight is 445 g/mol. The smallest absolute Gasteiger partial charge is 0.268 e. The first-order chi connectivity index (χ1) is 14.1. The maximum atomic E-state index is 13.7. The Morgan fingerprint density at radius 2 is 1.62 bits per heavy atom. The van der Waals surface area contributed by atoms with Crippen LogP contribution in [0.1, 0.15) is 28.5 Å². The van der Waals surface area contributed by atoms with Crippen LogP contribution in [0.2, 0.25) is 0 Å². The molecule has 0 N–H and O–H groups in total. The number of hydrogen-bond donors (Lipinski definition) is 0. The van der Waals surface area contributed by atoms with E-state index in [2.05, 4.69) is 39.0 Å². The summed E-state index contributed by atoms with van der Waals surface area (Å²) in [6.45, 7) is 0. The highest BCUT2D eigenvalue weighted by Crippen LogP contribution is 2.56. The number of fused-ring (bicyclic) bond motifs is 8. The molecule has 0 saturated heterocycles. The number of carbonyl (C=O) groups is 1. The molecule has 6 rings (SSSR count). The molecule has 1 spiro atoms. The first-order valence-corrected chi connectivity index (χ1v) is 10.3. The van der Waals surface area contributed by atoms with Crippen LogP contribution in [0.5, 0.6) is 0 Å². The molecule has 0 radical (unpaired) electrons. The molecule has 3 aromatic rings. The Hall–Kier alpha value is -2.89. The summed E-state index contributed by atoms with van der Waals surface area (Å²) in [6.07, 6.45) is 3.73. The van der Waals surface area contributed by atoms with Crippen LogP contribution in [0.4, 0.5) is 11.4 Å². The molecule has 0 fully saturated rings. The summed E-state index contributed by atoms with van der Waals surface area (Å²) < 4.78 is 7.83. The first kappa shape index (κ1) is 17.0. The number of para-hydroxylation sites is 2. The number of likely N-dealkylation sites (N-methyl/N-ethyl adjacent to an activating group) is 1. The lowest BCUT2D eigenvalue weighted by atomic mass is 9.83. The average Bonchev–Trinajstić information content (AvgIpc) is 2.97. The normalized spacial score (nSPS) is 23.7. The summed E-state index contributed by atoms with van der Waals surface area (Å²) in [5.74, 6) is -0.0584. The second kappa shape index (κ2) is 5.81. The van der Waals surface area contributed by atoms with Crippen LogP contribution in [-0.4, -0.2) is 13.0 Å². The summed E-state index contributed by atoms with van der Waals surface area (Å²) in [6, 6.07) is 22.0. The van der Waals surface area contributed by atoms with E-state index in [0.29, 0.717) is 0 Å². The van der Waals surface area contributed by atoms with Crippen molar-refractivity contribution in [3.8, 4) is 0 Å². The molecule has 3 aromatic carbocycles. The van der Waals surface area contributed by atoms with Crippen molar-refractivity contribution in [2.24, 2.45) is 0 Å². The molecule has 0 bridgehead atoms. The van der Waals surface area contributed by atoms with Crippen molar-refractivity contribution in [1.29, 1.82) is 0 Å². The Morgan fingerprint density at radius 3 is 2.41 bits per heavy atom. The Labute approximate surface area is 177 Å². The molecule has 3 aliphatic heterocycles. The quantitative estimate of drug-likeness (QED) is 0.478. The van der Waals surface area contributed by atoms with Crippen LogP contribution in [0.15, 0.2) is 77.4 Å². The van der Waals surface area contributed by atoms with Crippen molar-refractivity contribution in [2.75, 3.05) is 16.8 Å². The van der Waals surface area contributed by atoms with Crippen LogP contribution < -0.4 is 9.80 Å². The zero-order valence-electron chi connectivity index (χ0n) is 15.7. The Morgan fingerprint density at radius 1 is 0.931 bits per heavy atom. The minimum Gasteiger partial charge on any atom is -0.328 e. The van der Waals surface area contributed by atoms with Crippen molar-refractivity contribution < 1.29 is 9.53 Å². The van der Waals surface area contributed by atoms with Crippen molar-refractivity contribution in [1.82, 2.24) is 0 Å². The fourth-order valence-corrected chi connectivity index (χ4v) is 5.29. The minimum absolute atomic E-state index is 0.0584. The molecule has 3 heterocycles. The zero-order chi connectivity index (χ0) is 19.8. The maximum absolute atomic E-state index is 13.7. The van der Waals surface area contributed by atoms with Crippen LogP contribution in [0.3, 0.4) is 0 Å². The molecule has 5 heteroatoms. The number of hydrogen-bond acceptors (Lipinski definition) is 3. The van der Waals surface area contributed by atoms with Crippen molar-refractivity contribution in [3.05, 3.63) is 99.7 Å². The standard InChI is InChI=1S/C24H17BrN2O2/c1-26-20-11-4-2-8-17(20)24(23(26)28)18-9-3-5-12-21(18)27-14-13-15-16(22(27)29-24)7-6-10-19(15)25/h2-14,22H,1H3/t22-,24+/m0/s1. The number of benzene rings is 3. The van der Waals surface area contributed by atoms with Gasteiger partial charge in [-0.2, -0.15) is 0 Å². The lowest BCUT2D eigenvalue weighted by molar-refractivity contribution is -0.147. The predicted molar refractivity (Wildman–Crippen MR) is 117 cm³/mol. The van der Waals surface area contributed by atoms with Gasteiger partial charge in [-0.25, -0.2) is 0 Å². The van der Waals surface area contributed by atoms with E-state index in [0.717, 1.165) is 38.1 Å². The molecule has 0 unspecified atom stereocenters. The van der Waals surface area contributed by atoms with Gasteiger partial charge in [0.1, 0.15) is 0 Å². The van der Waals surface area contributed by atoms with Gasteiger partial charge in [-0.3, -0.25) is 4.79 Å². The lowest BCUT2D eigenvalue weighted by Crippen LogP contribution is -2.49. The fraction of sp³-hybridized carbons (Fsp3) is 0.125. The van der Waals surface area contributed by atoms with Crippen LogP contribution in [0.25, 0.3) is 6.08 Å². The van der Waals surface area contributed by atoms with Gasteiger partial charge in [-0.05, 0) is 29.8 Å². The van der Waals surface area contributed by atoms with Crippen LogP contribution in [0, 0.1) is 0 Å². The van der Waals surface area contributed by atoms with Gasteiger partial charge in [0.25, 0.3) is 5.91 Å². The third-order valence-electron chi connectivity index (χ3n) is 6.11. The number of halogens is 1. The van der Waals surface area contributed by atoms with E-state index in [1.54, 1.807) is 4.90 Å².